The van der Waals surface area contributed by atoms with Crippen molar-refractivity contribution in [3.63, 3.8) is 0 Å². The van der Waals surface area contributed by atoms with E-state index in [2.05, 4.69) is 41.0 Å². The van der Waals surface area contributed by atoms with Crippen LogP contribution >= 0.6 is 0 Å². The first-order chi connectivity index (χ1) is 11.6. The molecular formula is C19H38N4O. The third-order valence-corrected chi connectivity index (χ3v) is 5.09. The second-order valence-corrected chi connectivity index (χ2v) is 7.89. The zero-order chi connectivity index (χ0) is 17.4. The van der Waals surface area contributed by atoms with E-state index in [1.165, 1.54) is 45.2 Å². The lowest BCUT2D eigenvalue weighted by Crippen LogP contribution is -2.48. The number of rotatable bonds is 10. The maximum absolute atomic E-state index is 5.75. The molecule has 1 unspecified atom stereocenters. The van der Waals surface area contributed by atoms with Gasteiger partial charge in [0.15, 0.2) is 5.96 Å². The van der Waals surface area contributed by atoms with Crippen LogP contribution in [0.2, 0.25) is 0 Å². The van der Waals surface area contributed by atoms with Crippen LogP contribution in [0.25, 0.3) is 0 Å². The number of likely N-dealkylation sites (N-methyl/N-ethyl adjacent to an activating group) is 1. The van der Waals surface area contributed by atoms with E-state index >= 15 is 0 Å². The van der Waals surface area contributed by atoms with Crippen molar-refractivity contribution in [1.29, 1.82) is 0 Å². The largest absolute Gasteiger partial charge is 0.379 e. The Morgan fingerprint density at radius 1 is 1.29 bits per heavy atom. The molecule has 0 aromatic carbocycles. The average molecular weight is 339 g/mol. The van der Waals surface area contributed by atoms with Gasteiger partial charge in [0.1, 0.15) is 0 Å². The summed E-state index contributed by atoms with van der Waals surface area (Å²) in [7, 11) is 3.97. The van der Waals surface area contributed by atoms with E-state index in [-0.39, 0.29) is 0 Å². The molecule has 2 aliphatic rings. The molecule has 1 N–H and O–H groups in total. The number of nitrogens with one attached hydrogen (secondary N) is 1. The minimum Gasteiger partial charge on any atom is -0.379 e. The maximum Gasteiger partial charge on any atom is 0.193 e. The van der Waals surface area contributed by atoms with E-state index in [1.807, 2.05) is 7.05 Å². The van der Waals surface area contributed by atoms with E-state index in [0.29, 0.717) is 6.04 Å². The topological polar surface area (TPSA) is 40.1 Å². The first kappa shape index (κ1) is 19.5. The van der Waals surface area contributed by atoms with E-state index in [1.54, 1.807) is 0 Å². The van der Waals surface area contributed by atoms with Crippen LogP contribution in [-0.2, 0) is 4.74 Å². The van der Waals surface area contributed by atoms with Crippen LogP contribution in [0.1, 0.15) is 46.0 Å². The highest BCUT2D eigenvalue weighted by Gasteiger charge is 2.23. The number of nitrogens with zero attached hydrogens (tertiary/aromatic N) is 3. The van der Waals surface area contributed by atoms with Crippen LogP contribution in [-0.4, -0.2) is 75.3 Å². The van der Waals surface area contributed by atoms with Crippen molar-refractivity contribution in [1.82, 2.24) is 15.1 Å². The van der Waals surface area contributed by atoms with Gasteiger partial charge in [0, 0.05) is 39.8 Å². The molecule has 0 bridgehead atoms. The van der Waals surface area contributed by atoms with Crippen molar-refractivity contribution >= 4 is 5.96 Å². The van der Waals surface area contributed by atoms with Crippen LogP contribution < -0.4 is 5.32 Å². The molecule has 24 heavy (non-hydrogen) atoms. The lowest BCUT2D eigenvalue weighted by atomic mass is 10.0. The van der Waals surface area contributed by atoms with Crippen molar-refractivity contribution in [2.45, 2.75) is 52.0 Å². The quantitative estimate of drug-likeness (QED) is 0.377. The van der Waals surface area contributed by atoms with Crippen molar-refractivity contribution in [3.8, 4) is 0 Å². The summed E-state index contributed by atoms with van der Waals surface area (Å²) in [5.41, 5.74) is 0. The minimum absolute atomic E-state index is 0.615. The van der Waals surface area contributed by atoms with Gasteiger partial charge in [-0.05, 0) is 57.0 Å². The van der Waals surface area contributed by atoms with Crippen LogP contribution in [0.4, 0.5) is 0 Å². The second kappa shape index (κ2) is 10.2. The van der Waals surface area contributed by atoms with Gasteiger partial charge in [-0.2, -0.15) is 0 Å². The molecular weight excluding hydrogens is 300 g/mol. The van der Waals surface area contributed by atoms with Crippen molar-refractivity contribution < 1.29 is 4.74 Å². The standard InChI is InChI=1S/C19H38N4O/c1-16(2)13-18(23-9-5-6-10-23)14-21-19(20-3)22(4)11-12-24-15-17-7-8-17/h16-18H,5-15H2,1-4H3,(H,20,21). The summed E-state index contributed by atoms with van der Waals surface area (Å²) in [5.74, 6) is 2.55. The Labute approximate surface area is 148 Å². The van der Waals surface area contributed by atoms with Gasteiger partial charge >= 0.3 is 0 Å². The molecule has 5 nitrogen and oxygen atoms in total. The molecule has 0 aromatic rings. The van der Waals surface area contributed by atoms with Gasteiger partial charge in [-0.3, -0.25) is 9.89 Å². The maximum atomic E-state index is 5.75. The SMILES string of the molecule is CN=C(NCC(CC(C)C)N1CCCC1)N(C)CCOCC1CC1. The van der Waals surface area contributed by atoms with E-state index in [0.717, 1.165) is 44.1 Å². The Kier molecular flexibility index (Phi) is 8.33. The van der Waals surface area contributed by atoms with Crippen LogP contribution in [0.15, 0.2) is 4.99 Å². The molecule has 2 fully saturated rings. The monoisotopic (exact) mass is 338 g/mol. The van der Waals surface area contributed by atoms with Crippen molar-refractivity contribution in [2.24, 2.45) is 16.8 Å². The first-order valence-corrected chi connectivity index (χ1v) is 9.83. The zero-order valence-electron chi connectivity index (χ0n) is 16.3. The average Bonchev–Trinajstić information content (AvgIpc) is 3.21. The molecule has 2 rings (SSSR count). The second-order valence-electron chi connectivity index (χ2n) is 7.89. The predicted octanol–water partition coefficient (Wildman–Crippen LogP) is 2.43. The van der Waals surface area contributed by atoms with E-state index < -0.39 is 0 Å². The van der Waals surface area contributed by atoms with Crippen LogP contribution in [0, 0.1) is 11.8 Å². The Morgan fingerprint density at radius 2 is 2.00 bits per heavy atom. The number of guanidine groups is 1. The highest BCUT2D eigenvalue weighted by molar-refractivity contribution is 5.79. The predicted molar refractivity (Wildman–Crippen MR) is 102 cm³/mol. The smallest absolute Gasteiger partial charge is 0.193 e. The molecule has 1 atom stereocenters. The summed E-state index contributed by atoms with van der Waals surface area (Å²) in [6, 6.07) is 0.615. The van der Waals surface area contributed by atoms with Crippen molar-refractivity contribution in [2.75, 3.05) is 53.5 Å². The molecule has 0 amide bonds. The van der Waals surface area contributed by atoms with Crippen LogP contribution in [0.5, 0.6) is 0 Å². The molecule has 0 aromatic heterocycles. The molecule has 1 aliphatic carbocycles. The number of likely N-dealkylation sites (tertiary alicyclic amines) is 1. The molecule has 1 saturated heterocycles. The Hall–Kier alpha value is -0.810. The molecule has 1 saturated carbocycles. The van der Waals surface area contributed by atoms with E-state index in [4.69, 9.17) is 4.74 Å². The third kappa shape index (κ3) is 6.98. The summed E-state index contributed by atoms with van der Waals surface area (Å²) < 4.78 is 5.75. The normalized spacial score (nSPS) is 20.6. The molecule has 0 radical (unpaired) electrons. The van der Waals surface area contributed by atoms with E-state index in [9.17, 15) is 0 Å². The minimum atomic E-state index is 0.615. The highest BCUT2D eigenvalue weighted by atomic mass is 16.5. The summed E-state index contributed by atoms with van der Waals surface area (Å²) in [6.45, 7) is 10.7. The molecule has 5 heteroatoms. The molecule has 0 spiro atoms. The number of ether oxygens (including phenoxy) is 1. The summed E-state index contributed by atoms with van der Waals surface area (Å²) in [5, 5.41) is 3.59. The fourth-order valence-corrected chi connectivity index (χ4v) is 3.45. The lowest BCUT2D eigenvalue weighted by molar-refractivity contribution is 0.115. The van der Waals surface area contributed by atoms with Gasteiger partial charge in [0.2, 0.25) is 0 Å². The van der Waals surface area contributed by atoms with Gasteiger partial charge < -0.3 is 15.0 Å². The molecule has 140 valence electrons. The molecule has 1 heterocycles. The summed E-state index contributed by atoms with van der Waals surface area (Å²) in [4.78, 5) is 9.28. The fraction of sp³-hybridized carbons (Fsp3) is 0.947. The van der Waals surface area contributed by atoms with Gasteiger partial charge in [0.25, 0.3) is 0 Å². The lowest BCUT2D eigenvalue weighted by Gasteiger charge is -2.31. The van der Waals surface area contributed by atoms with Crippen LogP contribution in [0.3, 0.4) is 0 Å². The Balaban J connectivity index is 1.72. The fourth-order valence-electron chi connectivity index (χ4n) is 3.45. The zero-order valence-corrected chi connectivity index (χ0v) is 16.3. The highest BCUT2D eigenvalue weighted by Crippen LogP contribution is 2.28. The van der Waals surface area contributed by atoms with Gasteiger partial charge in [-0.1, -0.05) is 13.8 Å². The number of hydrogen-bond donors (Lipinski definition) is 1. The van der Waals surface area contributed by atoms with Crippen molar-refractivity contribution in [3.05, 3.63) is 0 Å². The van der Waals surface area contributed by atoms with Gasteiger partial charge in [-0.25, -0.2) is 0 Å². The Morgan fingerprint density at radius 3 is 2.58 bits per heavy atom. The number of hydrogen-bond acceptors (Lipinski definition) is 3. The first-order valence-electron chi connectivity index (χ1n) is 9.83. The number of aliphatic imine (C=N–C) groups is 1. The summed E-state index contributed by atoms with van der Waals surface area (Å²) >= 11 is 0. The van der Waals surface area contributed by atoms with Gasteiger partial charge in [0.05, 0.1) is 6.61 Å². The van der Waals surface area contributed by atoms with Gasteiger partial charge in [-0.15, -0.1) is 0 Å². The molecule has 1 aliphatic heterocycles. The summed E-state index contributed by atoms with van der Waals surface area (Å²) in [6.07, 6.45) is 6.65. The third-order valence-electron chi connectivity index (χ3n) is 5.09. The Bertz CT molecular complexity index is 376.